The van der Waals surface area contributed by atoms with E-state index in [1.165, 1.54) is 0 Å². The van der Waals surface area contributed by atoms with Gasteiger partial charge in [-0.05, 0) is 51.0 Å². The van der Waals surface area contributed by atoms with Gasteiger partial charge in [0, 0.05) is 32.7 Å². The zero-order valence-corrected chi connectivity index (χ0v) is 17.1. The fraction of sp³-hybridized carbons (Fsp3) is 0.941. The van der Waals surface area contributed by atoms with Gasteiger partial charge in [-0.25, -0.2) is 0 Å². The largest absolute Gasteiger partial charge is 0.354 e. The third-order valence-electron chi connectivity index (χ3n) is 5.64. The number of nitrogens with zero attached hydrogens (tertiary/aromatic N) is 2. The van der Waals surface area contributed by atoms with Crippen LogP contribution in [0.15, 0.2) is 0 Å². The second-order valence-corrected chi connectivity index (χ2v) is 9.51. The van der Waals surface area contributed by atoms with E-state index >= 15 is 0 Å². The standard InChI is InChI=1S/C17H32N4O3S.ClH/c22-17(16-8-5-9-18-16)19-13-15-7-6-12-21(14-15)25(23,24)20-10-3-1-2-4-11-20;/h15-16,18H,1-14H2,(H,19,22);1H. The van der Waals surface area contributed by atoms with Gasteiger partial charge in [-0.2, -0.15) is 17.0 Å². The molecule has 3 aliphatic heterocycles. The normalized spacial score (nSPS) is 28.9. The molecule has 7 nitrogen and oxygen atoms in total. The monoisotopic (exact) mass is 408 g/mol. The Morgan fingerprint density at radius 3 is 2.31 bits per heavy atom. The van der Waals surface area contributed by atoms with Crippen LogP contribution in [0.2, 0.25) is 0 Å². The number of carbonyl (C=O) groups is 1. The van der Waals surface area contributed by atoms with Crippen molar-refractivity contribution in [3.05, 3.63) is 0 Å². The smallest absolute Gasteiger partial charge is 0.281 e. The Hall–Kier alpha value is -0.410. The van der Waals surface area contributed by atoms with Crippen LogP contribution in [0.3, 0.4) is 0 Å². The average molecular weight is 409 g/mol. The molecule has 0 radical (unpaired) electrons. The molecule has 2 N–H and O–H groups in total. The Labute approximate surface area is 163 Å². The molecule has 0 spiro atoms. The van der Waals surface area contributed by atoms with Gasteiger partial charge in [0.05, 0.1) is 6.04 Å². The van der Waals surface area contributed by atoms with E-state index in [2.05, 4.69) is 10.6 Å². The maximum Gasteiger partial charge on any atom is 0.281 e. The highest BCUT2D eigenvalue weighted by Gasteiger charge is 2.34. The molecular weight excluding hydrogens is 376 g/mol. The minimum Gasteiger partial charge on any atom is -0.354 e. The fourth-order valence-corrected chi connectivity index (χ4v) is 5.92. The Morgan fingerprint density at radius 1 is 0.962 bits per heavy atom. The molecule has 0 aromatic carbocycles. The summed E-state index contributed by atoms with van der Waals surface area (Å²) in [5.41, 5.74) is 0. The van der Waals surface area contributed by atoms with Crippen LogP contribution in [0.1, 0.15) is 51.4 Å². The molecule has 3 saturated heterocycles. The minimum atomic E-state index is -3.35. The number of amides is 1. The SMILES string of the molecule is Cl.O=C(NCC1CCCN(S(=O)(=O)N2CCCCCC2)C1)C1CCCN1. The predicted molar refractivity (Wildman–Crippen MR) is 105 cm³/mol. The summed E-state index contributed by atoms with van der Waals surface area (Å²) < 4.78 is 29.2. The molecular formula is C17H33ClN4O3S. The zero-order valence-electron chi connectivity index (χ0n) is 15.5. The molecule has 2 atom stereocenters. The Balaban J connectivity index is 0.00000243. The third kappa shape index (κ3) is 5.55. The van der Waals surface area contributed by atoms with Crippen molar-refractivity contribution in [1.29, 1.82) is 0 Å². The maximum absolute atomic E-state index is 12.9. The van der Waals surface area contributed by atoms with Gasteiger partial charge >= 0.3 is 0 Å². The third-order valence-corrected chi connectivity index (χ3v) is 7.64. The number of hydrogen-bond donors (Lipinski definition) is 2. The maximum atomic E-state index is 12.9. The molecule has 152 valence electrons. The molecule has 0 bridgehead atoms. The van der Waals surface area contributed by atoms with Gasteiger partial charge in [0.25, 0.3) is 10.2 Å². The van der Waals surface area contributed by atoms with Crippen molar-refractivity contribution in [2.24, 2.45) is 5.92 Å². The second kappa shape index (κ2) is 10.2. The van der Waals surface area contributed by atoms with Crippen LogP contribution < -0.4 is 10.6 Å². The van der Waals surface area contributed by atoms with Crippen molar-refractivity contribution in [2.75, 3.05) is 39.3 Å². The highest BCUT2D eigenvalue weighted by molar-refractivity contribution is 7.86. The molecule has 0 aliphatic carbocycles. The lowest BCUT2D eigenvalue weighted by molar-refractivity contribution is -0.123. The number of rotatable bonds is 5. The summed E-state index contributed by atoms with van der Waals surface area (Å²) in [5.74, 6) is 0.269. The number of hydrogen-bond acceptors (Lipinski definition) is 4. The second-order valence-electron chi connectivity index (χ2n) is 7.58. The van der Waals surface area contributed by atoms with Crippen LogP contribution in [-0.2, 0) is 15.0 Å². The lowest BCUT2D eigenvalue weighted by atomic mass is 9.99. The lowest BCUT2D eigenvalue weighted by Crippen LogP contribution is -2.50. The van der Waals surface area contributed by atoms with Crippen LogP contribution >= 0.6 is 12.4 Å². The van der Waals surface area contributed by atoms with Crippen molar-refractivity contribution >= 4 is 28.5 Å². The topological polar surface area (TPSA) is 81.8 Å². The summed E-state index contributed by atoms with van der Waals surface area (Å²) in [7, 11) is -3.35. The van der Waals surface area contributed by atoms with Gasteiger partial charge in [0.1, 0.15) is 0 Å². The van der Waals surface area contributed by atoms with E-state index in [0.717, 1.165) is 57.9 Å². The summed E-state index contributed by atoms with van der Waals surface area (Å²) in [6.07, 6.45) is 7.95. The first-order valence-electron chi connectivity index (χ1n) is 9.83. The number of halogens is 1. The summed E-state index contributed by atoms with van der Waals surface area (Å²) in [5, 5.41) is 6.22. The summed E-state index contributed by atoms with van der Waals surface area (Å²) in [4.78, 5) is 12.1. The molecule has 3 aliphatic rings. The van der Waals surface area contributed by atoms with Crippen molar-refractivity contribution in [1.82, 2.24) is 19.2 Å². The molecule has 0 saturated carbocycles. The van der Waals surface area contributed by atoms with E-state index < -0.39 is 10.2 Å². The quantitative estimate of drug-likeness (QED) is 0.713. The molecule has 0 aromatic rings. The molecule has 2 unspecified atom stereocenters. The molecule has 26 heavy (non-hydrogen) atoms. The average Bonchev–Trinajstić information content (AvgIpc) is 3.02. The molecule has 3 heterocycles. The van der Waals surface area contributed by atoms with E-state index in [1.807, 2.05) is 0 Å². The fourth-order valence-electron chi connectivity index (χ4n) is 4.12. The van der Waals surface area contributed by atoms with Crippen LogP contribution in [-0.4, -0.2) is 68.2 Å². The minimum absolute atomic E-state index is 0. The summed E-state index contributed by atoms with van der Waals surface area (Å²) >= 11 is 0. The molecule has 3 fully saturated rings. The van der Waals surface area contributed by atoms with Crippen LogP contribution in [0.4, 0.5) is 0 Å². The van der Waals surface area contributed by atoms with E-state index in [1.54, 1.807) is 8.61 Å². The molecule has 9 heteroatoms. The van der Waals surface area contributed by atoms with Gasteiger partial charge in [-0.3, -0.25) is 4.79 Å². The van der Waals surface area contributed by atoms with Crippen molar-refractivity contribution < 1.29 is 13.2 Å². The van der Waals surface area contributed by atoms with Gasteiger partial charge < -0.3 is 10.6 Å². The lowest BCUT2D eigenvalue weighted by Gasteiger charge is -2.35. The van der Waals surface area contributed by atoms with Crippen molar-refractivity contribution in [3.63, 3.8) is 0 Å². The van der Waals surface area contributed by atoms with Gasteiger partial charge in [0.15, 0.2) is 0 Å². The number of carbonyl (C=O) groups excluding carboxylic acids is 1. The Bertz CT molecular complexity index is 546. The molecule has 3 rings (SSSR count). The van der Waals surface area contributed by atoms with E-state index in [0.29, 0.717) is 32.7 Å². The molecule has 1 amide bonds. The van der Waals surface area contributed by atoms with Crippen LogP contribution in [0, 0.1) is 5.92 Å². The number of piperidine rings is 1. The predicted octanol–water partition coefficient (Wildman–Crippen LogP) is 1.11. The van der Waals surface area contributed by atoms with Gasteiger partial charge in [-0.15, -0.1) is 12.4 Å². The van der Waals surface area contributed by atoms with Gasteiger partial charge in [0.2, 0.25) is 5.91 Å². The van der Waals surface area contributed by atoms with Crippen molar-refractivity contribution in [3.8, 4) is 0 Å². The first kappa shape index (κ1) is 21.9. The molecule has 0 aromatic heterocycles. The Kier molecular flexibility index (Phi) is 8.60. The van der Waals surface area contributed by atoms with Crippen molar-refractivity contribution in [2.45, 2.75) is 57.4 Å². The Morgan fingerprint density at radius 2 is 1.65 bits per heavy atom. The van der Waals surface area contributed by atoms with E-state index in [4.69, 9.17) is 0 Å². The highest BCUT2D eigenvalue weighted by atomic mass is 35.5. The highest BCUT2D eigenvalue weighted by Crippen LogP contribution is 2.23. The first-order chi connectivity index (χ1) is 12.1. The van der Waals surface area contributed by atoms with Gasteiger partial charge in [-0.1, -0.05) is 12.8 Å². The van der Waals surface area contributed by atoms with E-state index in [-0.39, 0.29) is 30.3 Å². The van der Waals surface area contributed by atoms with Crippen LogP contribution in [0.5, 0.6) is 0 Å². The summed E-state index contributed by atoms with van der Waals surface area (Å²) in [6.45, 7) is 3.90. The summed E-state index contributed by atoms with van der Waals surface area (Å²) in [6, 6.07) is -0.0690. The zero-order chi connectivity index (χ0) is 17.7. The number of nitrogens with one attached hydrogen (secondary N) is 2. The first-order valence-corrected chi connectivity index (χ1v) is 11.2. The van der Waals surface area contributed by atoms with Crippen LogP contribution in [0.25, 0.3) is 0 Å². The van der Waals surface area contributed by atoms with E-state index in [9.17, 15) is 13.2 Å².